The van der Waals surface area contributed by atoms with Crippen LogP contribution in [0.4, 0.5) is 11.6 Å². The van der Waals surface area contributed by atoms with Gasteiger partial charge in [0.2, 0.25) is 5.75 Å². The normalized spacial score (nSPS) is 11.8. The van der Waals surface area contributed by atoms with Crippen LogP contribution in [-0.2, 0) is 0 Å². The molecule has 2 N–H and O–H groups in total. The Morgan fingerprint density at radius 2 is 1.80 bits per heavy atom. The molecule has 2 rings (SSSR count). The van der Waals surface area contributed by atoms with Gasteiger partial charge >= 0.3 is 0 Å². The van der Waals surface area contributed by atoms with Gasteiger partial charge in [0.15, 0.2) is 11.6 Å². The van der Waals surface area contributed by atoms with Gasteiger partial charge in [0.1, 0.15) is 6.33 Å². The highest BCUT2D eigenvalue weighted by molar-refractivity contribution is 9.10. The number of nitrogens with zero attached hydrogens (tertiary/aromatic N) is 2. The molecule has 1 unspecified atom stereocenters. The predicted octanol–water partition coefficient (Wildman–Crippen LogP) is 3.46. The van der Waals surface area contributed by atoms with E-state index in [-0.39, 0.29) is 6.04 Å². The second-order valence-corrected chi connectivity index (χ2v) is 5.19. The fraction of sp³-hybridized carbons (Fsp3) is 0.286. The van der Waals surface area contributed by atoms with Crippen molar-refractivity contribution in [2.45, 2.75) is 13.0 Å². The molecule has 1 heterocycles. The molecule has 6 heteroatoms. The molecule has 20 heavy (non-hydrogen) atoms. The Morgan fingerprint density at radius 3 is 2.40 bits per heavy atom. The Bertz CT molecular complexity index is 574. The molecular weight excluding hydrogens is 320 g/mol. The summed E-state index contributed by atoms with van der Waals surface area (Å²) >= 11 is 3.43. The molecule has 0 aliphatic rings. The SMILES string of the molecule is CNc1ncnc(NC(C)c2ccc(Br)cc2)c1OC. The van der Waals surface area contributed by atoms with Gasteiger partial charge in [-0.2, -0.15) is 0 Å². The van der Waals surface area contributed by atoms with E-state index in [9.17, 15) is 0 Å². The second kappa shape index (κ2) is 6.56. The van der Waals surface area contributed by atoms with Crippen molar-refractivity contribution in [1.82, 2.24) is 9.97 Å². The first kappa shape index (κ1) is 14.6. The fourth-order valence-corrected chi connectivity index (χ4v) is 2.15. The number of anilines is 2. The van der Waals surface area contributed by atoms with Crippen LogP contribution in [0.25, 0.3) is 0 Å². The molecule has 0 saturated carbocycles. The van der Waals surface area contributed by atoms with Gasteiger partial charge < -0.3 is 15.4 Å². The summed E-state index contributed by atoms with van der Waals surface area (Å²) in [5.74, 6) is 1.94. The van der Waals surface area contributed by atoms with Gasteiger partial charge in [-0.3, -0.25) is 0 Å². The summed E-state index contributed by atoms with van der Waals surface area (Å²) in [4.78, 5) is 8.37. The van der Waals surface area contributed by atoms with Crippen LogP contribution in [0.3, 0.4) is 0 Å². The van der Waals surface area contributed by atoms with Crippen molar-refractivity contribution in [3.05, 3.63) is 40.6 Å². The van der Waals surface area contributed by atoms with Crippen LogP contribution in [0.2, 0.25) is 0 Å². The molecule has 0 fully saturated rings. The van der Waals surface area contributed by atoms with Crippen LogP contribution >= 0.6 is 15.9 Å². The molecule has 2 aromatic rings. The van der Waals surface area contributed by atoms with Crippen LogP contribution < -0.4 is 15.4 Å². The standard InChI is InChI=1S/C14H17BrN4O/c1-9(10-4-6-11(15)7-5-10)19-14-12(20-3)13(16-2)17-8-18-14/h4-9H,1-3H3,(H2,16,17,18,19). The highest BCUT2D eigenvalue weighted by Crippen LogP contribution is 2.31. The minimum atomic E-state index is 0.108. The number of methoxy groups -OCH3 is 1. The van der Waals surface area contributed by atoms with Gasteiger partial charge in [0.05, 0.1) is 13.2 Å². The minimum absolute atomic E-state index is 0.108. The molecule has 0 aliphatic heterocycles. The quantitative estimate of drug-likeness (QED) is 0.875. The molecule has 106 valence electrons. The fourth-order valence-electron chi connectivity index (χ4n) is 1.89. The number of rotatable bonds is 5. The van der Waals surface area contributed by atoms with E-state index in [1.807, 2.05) is 12.1 Å². The van der Waals surface area contributed by atoms with E-state index in [0.29, 0.717) is 17.4 Å². The maximum atomic E-state index is 5.37. The van der Waals surface area contributed by atoms with Gasteiger partial charge in [-0.25, -0.2) is 9.97 Å². The average molecular weight is 337 g/mol. The van der Waals surface area contributed by atoms with Crippen LogP contribution in [-0.4, -0.2) is 24.1 Å². The van der Waals surface area contributed by atoms with Crippen LogP contribution in [0, 0.1) is 0 Å². The second-order valence-electron chi connectivity index (χ2n) is 4.27. The van der Waals surface area contributed by atoms with Crippen molar-refractivity contribution < 1.29 is 4.74 Å². The maximum absolute atomic E-state index is 5.37. The van der Waals surface area contributed by atoms with Crippen molar-refractivity contribution in [2.75, 3.05) is 24.8 Å². The average Bonchev–Trinajstić information content (AvgIpc) is 2.47. The lowest BCUT2D eigenvalue weighted by molar-refractivity contribution is 0.414. The highest BCUT2D eigenvalue weighted by atomic mass is 79.9. The largest absolute Gasteiger partial charge is 0.490 e. The third-order valence-corrected chi connectivity index (χ3v) is 3.50. The Balaban J connectivity index is 2.23. The summed E-state index contributed by atoms with van der Waals surface area (Å²) in [5.41, 5.74) is 1.17. The van der Waals surface area contributed by atoms with Crippen LogP contribution in [0.1, 0.15) is 18.5 Å². The first-order valence-electron chi connectivity index (χ1n) is 6.24. The summed E-state index contributed by atoms with van der Waals surface area (Å²) in [6.07, 6.45) is 1.50. The van der Waals surface area contributed by atoms with Crippen molar-refractivity contribution in [3.63, 3.8) is 0 Å². The van der Waals surface area contributed by atoms with Gasteiger partial charge in [-0.15, -0.1) is 0 Å². The zero-order valence-corrected chi connectivity index (χ0v) is 13.2. The lowest BCUT2D eigenvalue weighted by Crippen LogP contribution is -2.10. The van der Waals surface area contributed by atoms with E-state index in [2.05, 4.69) is 55.6 Å². The molecule has 0 bridgehead atoms. The van der Waals surface area contributed by atoms with Gasteiger partial charge in [-0.05, 0) is 24.6 Å². The van der Waals surface area contributed by atoms with E-state index >= 15 is 0 Å². The topological polar surface area (TPSA) is 59.1 Å². The van der Waals surface area contributed by atoms with Crippen LogP contribution in [0.5, 0.6) is 5.75 Å². The number of aromatic nitrogens is 2. The smallest absolute Gasteiger partial charge is 0.204 e. The molecule has 0 saturated heterocycles. The van der Waals surface area contributed by atoms with E-state index < -0.39 is 0 Å². The molecule has 0 amide bonds. The third-order valence-electron chi connectivity index (χ3n) is 2.97. The number of hydrogen-bond donors (Lipinski definition) is 2. The number of benzene rings is 1. The van der Waals surface area contributed by atoms with Crippen molar-refractivity contribution in [3.8, 4) is 5.75 Å². The first-order valence-corrected chi connectivity index (χ1v) is 7.03. The summed E-state index contributed by atoms with van der Waals surface area (Å²) in [7, 11) is 3.40. The van der Waals surface area contributed by atoms with E-state index in [4.69, 9.17) is 4.74 Å². The lowest BCUT2D eigenvalue weighted by atomic mass is 10.1. The summed E-state index contributed by atoms with van der Waals surface area (Å²) in [6.45, 7) is 2.07. The molecular formula is C14H17BrN4O. The van der Waals surface area contributed by atoms with Crippen LogP contribution in [0.15, 0.2) is 35.1 Å². The van der Waals surface area contributed by atoms with Crippen molar-refractivity contribution in [2.24, 2.45) is 0 Å². The molecule has 0 spiro atoms. The summed E-state index contributed by atoms with van der Waals surface area (Å²) in [6, 6.07) is 8.27. The molecule has 1 atom stereocenters. The Morgan fingerprint density at radius 1 is 1.15 bits per heavy atom. The van der Waals surface area contributed by atoms with Crippen molar-refractivity contribution >= 4 is 27.6 Å². The van der Waals surface area contributed by atoms with Gasteiger partial charge in [0.25, 0.3) is 0 Å². The highest BCUT2D eigenvalue weighted by Gasteiger charge is 2.14. The lowest BCUT2D eigenvalue weighted by Gasteiger charge is -2.18. The molecule has 1 aromatic heterocycles. The van der Waals surface area contributed by atoms with Crippen molar-refractivity contribution in [1.29, 1.82) is 0 Å². The number of hydrogen-bond acceptors (Lipinski definition) is 5. The maximum Gasteiger partial charge on any atom is 0.204 e. The molecule has 0 radical (unpaired) electrons. The first-order chi connectivity index (χ1) is 9.65. The van der Waals surface area contributed by atoms with E-state index in [1.165, 1.54) is 11.9 Å². The Hall–Kier alpha value is -1.82. The Labute approximate surface area is 126 Å². The molecule has 5 nitrogen and oxygen atoms in total. The predicted molar refractivity (Wildman–Crippen MR) is 84.3 cm³/mol. The minimum Gasteiger partial charge on any atom is -0.490 e. The number of ether oxygens (including phenoxy) is 1. The zero-order valence-electron chi connectivity index (χ0n) is 11.6. The van der Waals surface area contributed by atoms with Gasteiger partial charge in [0, 0.05) is 11.5 Å². The Kier molecular flexibility index (Phi) is 4.79. The van der Waals surface area contributed by atoms with E-state index in [0.717, 1.165) is 4.47 Å². The third kappa shape index (κ3) is 3.19. The summed E-state index contributed by atoms with van der Waals surface area (Å²) < 4.78 is 6.43. The molecule has 0 aliphatic carbocycles. The summed E-state index contributed by atoms with van der Waals surface area (Å²) in [5, 5.41) is 6.33. The zero-order chi connectivity index (χ0) is 14.5. The number of nitrogens with one attached hydrogen (secondary N) is 2. The molecule has 1 aromatic carbocycles. The number of halogens is 1. The van der Waals surface area contributed by atoms with E-state index in [1.54, 1.807) is 14.2 Å². The monoisotopic (exact) mass is 336 g/mol. The van der Waals surface area contributed by atoms with Gasteiger partial charge in [-0.1, -0.05) is 28.1 Å².